The molecule has 0 bridgehead atoms. The zero-order chi connectivity index (χ0) is 31.7. The molecule has 8 nitrogen and oxygen atoms in total. The van der Waals surface area contributed by atoms with Gasteiger partial charge in [-0.2, -0.15) is 0 Å². The number of fused-ring (bicyclic) bond motifs is 1. The van der Waals surface area contributed by atoms with Gasteiger partial charge in [0.25, 0.3) is 0 Å². The number of hydrogen-bond donors (Lipinski definition) is 2. The number of carbonyl (C=O) groups excluding carboxylic acids is 3. The molecule has 0 unspecified atom stereocenters. The smallest absolute Gasteiger partial charge is 0.245 e. The average molecular weight is 607 g/mol. The maximum atomic E-state index is 14.4. The molecule has 0 radical (unpaired) electrons. The lowest BCUT2D eigenvalue weighted by Gasteiger charge is -2.38. The molecule has 0 spiro atoms. The van der Waals surface area contributed by atoms with E-state index < -0.39 is 38.0 Å². The van der Waals surface area contributed by atoms with Crippen LogP contribution in [-0.2, 0) is 31.8 Å². The summed E-state index contributed by atoms with van der Waals surface area (Å²) < 4.78 is 6.64. The molecule has 2 heterocycles. The number of nitrogens with zero attached hydrogens (tertiary/aromatic N) is 2. The van der Waals surface area contributed by atoms with Crippen LogP contribution in [-0.4, -0.2) is 78.2 Å². The Bertz CT molecular complexity index is 1290. The third kappa shape index (κ3) is 7.74. The first-order valence-corrected chi connectivity index (χ1v) is 18.3. The summed E-state index contributed by atoms with van der Waals surface area (Å²) in [6.07, 6.45) is 0.400. The summed E-state index contributed by atoms with van der Waals surface area (Å²) in [6.45, 7) is 19.3. The van der Waals surface area contributed by atoms with Crippen molar-refractivity contribution in [3.63, 3.8) is 0 Å². The number of hydrogen-bond acceptors (Lipinski definition) is 5. The fraction of sp³-hybridized carbons (Fsp3) is 0.559. The predicted octanol–water partition coefficient (Wildman–Crippen LogP) is 4.50. The minimum absolute atomic E-state index is 0.00205. The topological polar surface area (TPSA) is 90.8 Å². The SMILES string of the molecule is C[C@@H]1NC(=O)[C@H](Cc2ccccc2)N(Cc2ccccc2)[C@@H](C(=O)NC(C)(C)C)[C@@H]2[C@@H](CO[Si](C)(C)C(C)(C)C)N2C1=O. The maximum Gasteiger partial charge on any atom is 0.245 e. The van der Waals surface area contributed by atoms with Crippen LogP contribution in [0, 0.1) is 0 Å². The van der Waals surface area contributed by atoms with E-state index in [0.717, 1.165) is 11.1 Å². The van der Waals surface area contributed by atoms with E-state index >= 15 is 0 Å². The molecule has 9 heteroatoms. The lowest BCUT2D eigenvalue weighted by Crippen LogP contribution is -2.60. The van der Waals surface area contributed by atoms with E-state index in [0.29, 0.717) is 19.6 Å². The molecule has 234 valence electrons. The van der Waals surface area contributed by atoms with Crippen molar-refractivity contribution >= 4 is 26.0 Å². The molecule has 2 saturated heterocycles. The van der Waals surface area contributed by atoms with Gasteiger partial charge in [0.05, 0.1) is 24.7 Å². The van der Waals surface area contributed by atoms with Gasteiger partial charge < -0.3 is 20.0 Å². The van der Waals surface area contributed by atoms with Crippen LogP contribution in [0.5, 0.6) is 0 Å². The third-order valence-corrected chi connectivity index (χ3v) is 13.5. The molecule has 4 rings (SSSR count). The molecule has 2 aromatic rings. The van der Waals surface area contributed by atoms with E-state index in [9.17, 15) is 14.4 Å². The highest BCUT2D eigenvalue weighted by Gasteiger charge is 2.61. The summed E-state index contributed by atoms with van der Waals surface area (Å²) in [7, 11) is -2.13. The first-order valence-electron chi connectivity index (χ1n) is 15.4. The quantitative estimate of drug-likeness (QED) is 0.341. The molecule has 3 amide bonds. The number of carbonyl (C=O) groups is 3. The van der Waals surface area contributed by atoms with Gasteiger partial charge in [-0.25, -0.2) is 0 Å². The first kappa shape index (κ1) is 32.9. The van der Waals surface area contributed by atoms with Crippen molar-refractivity contribution in [3.8, 4) is 0 Å². The largest absolute Gasteiger partial charge is 0.415 e. The Hall–Kier alpha value is -3.01. The van der Waals surface area contributed by atoms with Gasteiger partial charge in [-0.3, -0.25) is 19.3 Å². The molecule has 43 heavy (non-hydrogen) atoms. The maximum absolute atomic E-state index is 14.4. The van der Waals surface area contributed by atoms with Gasteiger partial charge in [-0.15, -0.1) is 0 Å². The van der Waals surface area contributed by atoms with Gasteiger partial charge in [-0.1, -0.05) is 81.4 Å². The first-order chi connectivity index (χ1) is 20.0. The van der Waals surface area contributed by atoms with Crippen molar-refractivity contribution in [2.24, 2.45) is 0 Å². The van der Waals surface area contributed by atoms with Gasteiger partial charge in [-0.05, 0) is 63.4 Å². The Kier molecular flexibility index (Phi) is 9.59. The minimum atomic E-state index is -2.13. The van der Waals surface area contributed by atoms with E-state index in [-0.39, 0.29) is 28.8 Å². The molecule has 2 aliphatic heterocycles. The van der Waals surface area contributed by atoms with Crippen molar-refractivity contribution < 1.29 is 18.8 Å². The minimum Gasteiger partial charge on any atom is -0.415 e. The highest BCUT2D eigenvalue weighted by molar-refractivity contribution is 6.74. The zero-order valence-electron chi connectivity index (χ0n) is 27.3. The molecule has 0 saturated carbocycles. The van der Waals surface area contributed by atoms with Crippen LogP contribution in [0.25, 0.3) is 0 Å². The van der Waals surface area contributed by atoms with Crippen LogP contribution in [0.15, 0.2) is 60.7 Å². The third-order valence-electron chi connectivity index (χ3n) is 9.02. The predicted molar refractivity (Wildman–Crippen MR) is 173 cm³/mol. The van der Waals surface area contributed by atoms with Crippen LogP contribution in [0.4, 0.5) is 0 Å². The second-order valence-corrected chi connectivity index (χ2v) is 19.5. The van der Waals surface area contributed by atoms with Crippen molar-refractivity contribution in [3.05, 3.63) is 71.8 Å². The van der Waals surface area contributed by atoms with Crippen molar-refractivity contribution in [1.29, 1.82) is 0 Å². The molecule has 0 aromatic heterocycles. The lowest BCUT2D eigenvalue weighted by atomic mass is 9.97. The highest BCUT2D eigenvalue weighted by atomic mass is 28.4. The Morgan fingerprint density at radius 2 is 1.49 bits per heavy atom. The van der Waals surface area contributed by atoms with Crippen LogP contribution in [0.2, 0.25) is 18.1 Å². The number of rotatable bonds is 8. The highest BCUT2D eigenvalue weighted by Crippen LogP contribution is 2.41. The fourth-order valence-electron chi connectivity index (χ4n) is 5.60. The van der Waals surface area contributed by atoms with E-state index in [1.54, 1.807) is 11.8 Å². The second kappa shape index (κ2) is 12.5. The van der Waals surface area contributed by atoms with Gasteiger partial charge in [0, 0.05) is 12.1 Å². The molecule has 5 atom stereocenters. The normalized spacial score (nSPS) is 25.2. The summed E-state index contributed by atoms with van der Waals surface area (Å²) in [5.41, 5.74) is 1.47. The van der Waals surface area contributed by atoms with Gasteiger partial charge >= 0.3 is 0 Å². The number of benzene rings is 2. The van der Waals surface area contributed by atoms with Gasteiger partial charge in [0.1, 0.15) is 12.1 Å². The fourth-order valence-corrected chi connectivity index (χ4v) is 6.62. The molecule has 0 aliphatic carbocycles. The Morgan fingerprint density at radius 1 is 0.930 bits per heavy atom. The van der Waals surface area contributed by atoms with Crippen LogP contribution in [0.1, 0.15) is 59.6 Å². The summed E-state index contributed by atoms with van der Waals surface area (Å²) in [4.78, 5) is 46.1. The van der Waals surface area contributed by atoms with Crippen LogP contribution >= 0.6 is 0 Å². The van der Waals surface area contributed by atoms with Crippen LogP contribution in [0.3, 0.4) is 0 Å². The van der Waals surface area contributed by atoms with E-state index in [4.69, 9.17) is 4.43 Å². The lowest BCUT2D eigenvalue weighted by molar-refractivity contribution is -0.135. The monoisotopic (exact) mass is 606 g/mol. The van der Waals surface area contributed by atoms with Crippen molar-refractivity contribution in [2.45, 2.75) is 115 Å². The van der Waals surface area contributed by atoms with E-state index in [1.165, 1.54) is 0 Å². The van der Waals surface area contributed by atoms with E-state index in [1.807, 2.05) is 86.3 Å². The Balaban J connectivity index is 1.82. The van der Waals surface area contributed by atoms with E-state index in [2.05, 4.69) is 44.5 Å². The van der Waals surface area contributed by atoms with Gasteiger partial charge in [0.2, 0.25) is 17.7 Å². The molecule has 2 fully saturated rings. The number of amides is 3. The molecule has 2 aliphatic rings. The molecular formula is C34H50N4O4Si. The van der Waals surface area contributed by atoms with Crippen molar-refractivity contribution in [1.82, 2.24) is 20.4 Å². The number of nitrogens with one attached hydrogen (secondary N) is 2. The zero-order valence-corrected chi connectivity index (χ0v) is 28.3. The standard InChI is InChI=1S/C34H50N4O4Si/c1-23-32(41)38-27(22-42-43(8,9)34(5,6)7)28(38)29(31(40)36-33(2,3)4)37(21-25-18-14-11-15-19-25)26(30(39)35-23)20-24-16-12-10-13-17-24/h10-19,23,26-29H,20-22H2,1-9H3,(H,35,39)(H,36,40)/t23-,26-,27+,28-,29+,38?/m0/s1. The van der Waals surface area contributed by atoms with Crippen molar-refractivity contribution in [2.75, 3.05) is 6.61 Å². The molecular weight excluding hydrogens is 556 g/mol. The summed E-state index contributed by atoms with van der Waals surface area (Å²) in [5, 5.41) is 6.20. The Labute approximate surface area is 258 Å². The van der Waals surface area contributed by atoms with Crippen LogP contribution < -0.4 is 10.6 Å². The van der Waals surface area contributed by atoms with Gasteiger partial charge in [0.15, 0.2) is 8.32 Å². The second-order valence-electron chi connectivity index (χ2n) is 14.7. The average Bonchev–Trinajstić information content (AvgIpc) is 3.61. The summed E-state index contributed by atoms with van der Waals surface area (Å²) in [5.74, 6) is -0.636. The molecule has 2 aromatic carbocycles. The Morgan fingerprint density at radius 3 is 2.02 bits per heavy atom. The molecule has 2 N–H and O–H groups in total. The summed E-state index contributed by atoms with van der Waals surface area (Å²) >= 11 is 0. The summed E-state index contributed by atoms with van der Waals surface area (Å²) in [6, 6.07) is 16.9.